The van der Waals surface area contributed by atoms with Crippen LogP contribution in [0.3, 0.4) is 0 Å². The van der Waals surface area contributed by atoms with Crippen molar-refractivity contribution < 1.29 is 9.59 Å². The van der Waals surface area contributed by atoms with Crippen LogP contribution in [-0.2, 0) is 16.1 Å². The lowest BCUT2D eigenvalue weighted by molar-refractivity contribution is -0.122. The average Bonchev–Trinajstić information content (AvgIpc) is 3.62. The molecule has 0 aliphatic rings. The van der Waals surface area contributed by atoms with Gasteiger partial charge in [-0.1, -0.05) is 61.4 Å². The van der Waals surface area contributed by atoms with E-state index in [1.807, 2.05) is 47.2 Å². The third kappa shape index (κ3) is 6.52. The van der Waals surface area contributed by atoms with Gasteiger partial charge >= 0.3 is 0 Å². The summed E-state index contributed by atoms with van der Waals surface area (Å²) in [6.07, 6.45) is 7.68. The Morgan fingerprint density at radius 3 is 2.62 bits per heavy atom. The van der Waals surface area contributed by atoms with Crippen LogP contribution in [0.5, 0.6) is 0 Å². The van der Waals surface area contributed by atoms with Crippen molar-refractivity contribution in [3.63, 3.8) is 0 Å². The zero-order chi connectivity index (χ0) is 27.0. The monoisotopic (exact) mass is 522 g/mol. The number of imidazole rings is 2. The Kier molecular flexibility index (Phi) is 8.31. The minimum atomic E-state index is -0.0657. The van der Waals surface area contributed by atoms with E-state index in [0.717, 1.165) is 53.8 Å². The van der Waals surface area contributed by atoms with Gasteiger partial charge in [-0.25, -0.2) is 9.97 Å². The number of para-hydroxylation sites is 2. The minimum Gasteiger partial charge on any atom is -0.359 e. The fourth-order valence-corrected chi connectivity index (χ4v) is 4.95. The average molecular weight is 523 g/mol. The maximum atomic E-state index is 12.9. The molecular weight excluding hydrogens is 488 g/mol. The topological polar surface area (TPSA) is 105 Å². The van der Waals surface area contributed by atoms with E-state index >= 15 is 0 Å². The molecule has 0 spiro atoms. The van der Waals surface area contributed by atoms with Gasteiger partial charge in [0.15, 0.2) is 0 Å². The van der Waals surface area contributed by atoms with Crippen LogP contribution in [0.1, 0.15) is 43.8 Å². The van der Waals surface area contributed by atoms with Crippen molar-refractivity contribution in [3.05, 3.63) is 85.1 Å². The molecule has 8 heteroatoms. The first-order chi connectivity index (χ1) is 19.1. The number of rotatable bonds is 12. The second-order valence-electron chi connectivity index (χ2n) is 9.88. The fraction of sp³-hybridized carbons (Fsp3) is 0.290. The summed E-state index contributed by atoms with van der Waals surface area (Å²) >= 11 is 0. The van der Waals surface area contributed by atoms with Gasteiger partial charge in [-0.3, -0.25) is 9.59 Å². The van der Waals surface area contributed by atoms with Gasteiger partial charge in [0.05, 0.1) is 29.3 Å². The second-order valence-corrected chi connectivity index (χ2v) is 9.88. The molecule has 8 nitrogen and oxygen atoms in total. The number of H-pyrrole nitrogens is 1. The molecule has 2 amide bonds. The number of carbonyl (C=O) groups is 2. The molecule has 3 N–H and O–H groups in total. The first kappa shape index (κ1) is 26.2. The highest BCUT2D eigenvalue weighted by Crippen LogP contribution is 2.26. The van der Waals surface area contributed by atoms with Gasteiger partial charge in [0.1, 0.15) is 12.4 Å². The lowest BCUT2D eigenvalue weighted by Gasteiger charge is -2.16. The van der Waals surface area contributed by atoms with E-state index in [9.17, 15) is 9.59 Å². The molecule has 1 atom stereocenters. The number of aromatic nitrogens is 4. The van der Waals surface area contributed by atoms with Crippen molar-refractivity contribution in [1.29, 1.82) is 0 Å². The van der Waals surface area contributed by atoms with Crippen molar-refractivity contribution in [2.24, 2.45) is 0 Å². The Balaban J connectivity index is 1.26. The predicted molar refractivity (Wildman–Crippen MR) is 154 cm³/mol. The molecule has 0 aliphatic carbocycles. The summed E-state index contributed by atoms with van der Waals surface area (Å²) in [7, 11) is 1.66. The van der Waals surface area contributed by atoms with Gasteiger partial charge in [-0.2, -0.15) is 0 Å². The van der Waals surface area contributed by atoms with Gasteiger partial charge in [-0.15, -0.1) is 0 Å². The van der Waals surface area contributed by atoms with Crippen LogP contribution in [0.4, 0.5) is 0 Å². The van der Waals surface area contributed by atoms with Crippen molar-refractivity contribution in [1.82, 2.24) is 30.2 Å². The molecule has 2 heterocycles. The number of unbranched alkanes of at least 4 members (excludes halogenated alkanes) is 2. The summed E-state index contributed by atoms with van der Waals surface area (Å²) in [5, 5.41) is 8.16. The number of fused-ring (bicyclic) bond motifs is 2. The largest absolute Gasteiger partial charge is 0.359 e. The molecule has 39 heavy (non-hydrogen) atoms. The second kappa shape index (κ2) is 12.4. The molecule has 0 radical (unpaired) electrons. The lowest BCUT2D eigenvalue weighted by Crippen LogP contribution is -2.31. The molecule has 200 valence electrons. The summed E-state index contributed by atoms with van der Waals surface area (Å²) in [5.41, 5.74) is 3.84. The molecule has 0 saturated heterocycles. The van der Waals surface area contributed by atoms with Gasteiger partial charge in [0, 0.05) is 31.5 Å². The van der Waals surface area contributed by atoms with Crippen molar-refractivity contribution in [2.75, 3.05) is 13.6 Å². The van der Waals surface area contributed by atoms with E-state index in [-0.39, 0.29) is 24.3 Å². The summed E-state index contributed by atoms with van der Waals surface area (Å²) in [6, 6.07) is 22.5. The molecule has 0 bridgehead atoms. The van der Waals surface area contributed by atoms with Gasteiger partial charge in [-0.05, 0) is 41.8 Å². The summed E-state index contributed by atoms with van der Waals surface area (Å²) in [6.45, 7) is 0.686. The third-order valence-corrected chi connectivity index (χ3v) is 7.16. The third-order valence-electron chi connectivity index (χ3n) is 7.16. The molecule has 1 unspecified atom stereocenters. The Labute approximate surface area is 227 Å². The maximum Gasteiger partial charge on any atom is 0.240 e. The molecular formula is C31H34N6O2. The Morgan fingerprint density at radius 1 is 0.923 bits per heavy atom. The van der Waals surface area contributed by atoms with Crippen LogP contribution < -0.4 is 10.6 Å². The zero-order valence-electron chi connectivity index (χ0n) is 22.2. The Bertz CT molecular complexity index is 1570. The molecule has 0 fully saturated rings. The first-order valence-electron chi connectivity index (χ1n) is 13.5. The van der Waals surface area contributed by atoms with Crippen molar-refractivity contribution >= 4 is 33.6 Å². The predicted octanol–water partition coefficient (Wildman–Crippen LogP) is 5.18. The fourth-order valence-electron chi connectivity index (χ4n) is 4.95. The lowest BCUT2D eigenvalue weighted by atomic mass is 9.99. The number of carbonyl (C=O) groups excluding carboxylic acids is 2. The Morgan fingerprint density at radius 2 is 1.74 bits per heavy atom. The Hall–Kier alpha value is -4.46. The molecule has 3 aromatic carbocycles. The van der Waals surface area contributed by atoms with Crippen LogP contribution in [0.25, 0.3) is 33.1 Å². The highest BCUT2D eigenvalue weighted by Gasteiger charge is 2.18. The van der Waals surface area contributed by atoms with Crippen LogP contribution >= 0.6 is 0 Å². The summed E-state index contributed by atoms with van der Waals surface area (Å²) in [4.78, 5) is 37.1. The van der Waals surface area contributed by atoms with Crippen molar-refractivity contribution in [3.8, 4) is 11.3 Å². The standard InChI is InChI=1S/C31H34N6O2/c1-32-29(38)14-4-2-3-11-25(18-33-30(39)20-37-21-35-26-12-7-8-13-28(26)37)31-34-19-27(36-31)24-16-15-22-9-5-6-10-23(22)17-24/h5-10,12-13,15-17,19,21,25H,2-4,11,14,18,20H2,1H3,(H,32,38)(H,33,39)(H,34,36). The minimum absolute atomic E-state index is 0.0303. The molecule has 5 rings (SSSR count). The number of nitrogens with one attached hydrogen (secondary N) is 3. The van der Waals surface area contributed by atoms with Gasteiger partial charge < -0.3 is 20.2 Å². The number of aromatic amines is 1. The molecule has 0 saturated carbocycles. The van der Waals surface area contributed by atoms with Crippen molar-refractivity contribution in [2.45, 2.75) is 44.6 Å². The van der Waals surface area contributed by atoms with E-state index in [4.69, 9.17) is 4.98 Å². The highest BCUT2D eigenvalue weighted by atomic mass is 16.2. The molecule has 5 aromatic rings. The summed E-state index contributed by atoms with van der Waals surface area (Å²) in [5.74, 6) is 0.890. The van der Waals surface area contributed by atoms with Crippen LogP contribution in [-0.4, -0.2) is 44.9 Å². The van der Waals surface area contributed by atoms with E-state index in [2.05, 4.69) is 50.9 Å². The smallest absolute Gasteiger partial charge is 0.240 e. The molecule has 0 aliphatic heterocycles. The quantitative estimate of drug-likeness (QED) is 0.197. The van der Waals surface area contributed by atoms with Gasteiger partial charge in [0.25, 0.3) is 0 Å². The number of benzene rings is 3. The van der Waals surface area contributed by atoms with E-state index in [0.29, 0.717) is 13.0 Å². The van der Waals surface area contributed by atoms with Crippen LogP contribution in [0, 0.1) is 0 Å². The number of amides is 2. The number of hydrogen-bond donors (Lipinski definition) is 3. The molecule has 2 aromatic heterocycles. The summed E-state index contributed by atoms with van der Waals surface area (Å²) < 4.78 is 1.86. The van der Waals surface area contributed by atoms with E-state index in [1.54, 1.807) is 13.4 Å². The highest BCUT2D eigenvalue weighted by molar-refractivity contribution is 5.86. The SMILES string of the molecule is CNC(=O)CCCCCC(CNC(=O)Cn1cnc2ccccc21)c1ncc(-c2ccc3ccccc3c2)[nH]1. The van der Waals surface area contributed by atoms with Crippen LogP contribution in [0.15, 0.2) is 79.3 Å². The zero-order valence-corrected chi connectivity index (χ0v) is 22.2. The number of nitrogens with zero attached hydrogens (tertiary/aromatic N) is 3. The van der Waals surface area contributed by atoms with Crippen LogP contribution in [0.2, 0.25) is 0 Å². The van der Waals surface area contributed by atoms with Gasteiger partial charge in [0.2, 0.25) is 11.8 Å². The number of hydrogen-bond acceptors (Lipinski definition) is 4. The van der Waals surface area contributed by atoms with E-state index in [1.165, 1.54) is 10.8 Å². The maximum absolute atomic E-state index is 12.9. The normalized spacial score (nSPS) is 12.0. The first-order valence-corrected chi connectivity index (χ1v) is 13.5. The van der Waals surface area contributed by atoms with E-state index < -0.39 is 0 Å².